The Morgan fingerprint density at radius 2 is 1.83 bits per heavy atom. The Balaban J connectivity index is 2.05. The normalized spacial score (nSPS) is 10.6. The van der Waals surface area contributed by atoms with E-state index in [4.69, 9.17) is 9.47 Å². The van der Waals surface area contributed by atoms with E-state index in [1.165, 1.54) is 6.07 Å². The predicted molar refractivity (Wildman–Crippen MR) is 88.6 cm³/mol. The lowest BCUT2D eigenvalue weighted by Gasteiger charge is -2.13. The van der Waals surface area contributed by atoms with E-state index >= 15 is 0 Å². The van der Waals surface area contributed by atoms with E-state index < -0.39 is 0 Å². The Bertz CT molecular complexity index is 635. The molecule has 2 aromatic carbocycles. The third kappa shape index (κ3) is 5.33. The summed E-state index contributed by atoms with van der Waals surface area (Å²) in [5.74, 6) is 0.378. The minimum atomic E-state index is -0.371. The van der Waals surface area contributed by atoms with E-state index in [2.05, 4.69) is 0 Å². The number of benzene rings is 2. The summed E-state index contributed by atoms with van der Waals surface area (Å²) in [7, 11) is 0. The second-order valence-corrected chi connectivity index (χ2v) is 5.79. The maximum atomic E-state index is 11.9. The molecule has 0 unspecified atom stereocenters. The second kappa shape index (κ2) is 8.22. The summed E-state index contributed by atoms with van der Waals surface area (Å²) in [5.41, 5.74) is 0.993. The third-order valence-corrected chi connectivity index (χ3v) is 3.34. The summed E-state index contributed by atoms with van der Waals surface area (Å²) in [6.07, 6.45) is 1.05. The number of rotatable bonds is 7. The molecule has 0 aliphatic rings. The Hall–Kier alpha value is -2.49. The Morgan fingerprint density at radius 3 is 2.52 bits per heavy atom. The Morgan fingerprint density at radius 1 is 1.09 bits per heavy atom. The molecule has 4 heteroatoms. The van der Waals surface area contributed by atoms with Crippen molar-refractivity contribution in [1.29, 1.82) is 0 Å². The van der Waals surface area contributed by atoms with E-state index in [1.807, 2.05) is 44.2 Å². The van der Waals surface area contributed by atoms with Crippen LogP contribution in [0.4, 0.5) is 0 Å². The predicted octanol–water partition coefficient (Wildman–Crippen LogP) is 4.31. The molecular formula is C19H22O4. The number of carbonyl (C=O) groups excluding carboxylic acids is 1. The first-order valence-electron chi connectivity index (χ1n) is 7.75. The largest absolute Gasteiger partial charge is 0.504 e. The molecule has 23 heavy (non-hydrogen) atoms. The van der Waals surface area contributed by atoms with Crippen molar-refractivity contribution < 1.29 is 19.4 Å². The number of hydrogen-bond donors (Lipinski definition) is 1. The van der Waals surface area contributed by atoms with Gasteiger partial charge in [-0.3, -0.25) is 4.79 Å². The molecule has 0 amide bonds. The van der Waals surface area contributed by atoms with E-state index in [-0.39, 0.29) is 17.5 Å². The topological polar surface area (TPSA) is 55.8 Å². The van der Waals surface area contributed by atoms with Crippen molar-refractivity contribution in [3.05, 3.63) is 54.1 Å². The number of esters is 1. The van der Waals surface area contributed by atoms with Crippen molar-refractivity contribution in [2.75, 3.05) is 0 Å². The standard InChI is InChI=1S/C19H22O4/c1-14(2)11-12-18(21)23-19-16(20)9-6-10-17(19)22-13-15-7-4-3-5-8-15/h3-10,14,20H,11-13H2,1-2H3. The lowest BCUT2D eigenvalue weighted by molar-refractivity contribution is -0.134. The molecule has 0 fully saturated rings. The molecule has 1 N–H and O–H groups in total. The fourth-order valence-electron chi connectivity index (χ4n) is 2.03. The van der Waals surface area contributed by atoms with Crippen molar-refractivity contribution in [1.82, 2.24) is 0 Å². The minimum Gasteiger partial charge on any atom is -0.504 e. The maximum Gasteiger partial charge on any atom is 0.311 e. The zero-order valence-corrected chi connectivity index (χ0v) is 13.5. The molecule has 0 saturated heterocycles. The number of phenols is 1. The van der Waals surface area contributed by atoms with Crippen LogP contribution in [-0.2, 0) is 11.4 Å². The molecule has 0 heterocycles. The van der Waals surface area contributed by atoms with Crippen LogP contribution in [0.5, 0.6) is 17.2 Å². The van der Waals surface area contributed by atoms with Crippen LogP contribution in [0.2, 0.25) is 0 Å². The first-order valence-corrected chi connectivity index (χ1v) is 7.75. The smallest absolute Gasteiger partial charge is 0.311 e. The van der Waals surface area contributed by atoms with Crippen LogP contribution in [0.3, 0.4) is 0 Å². The highest BCUT2D eigenvalue weighted by molar-refractivity contribution is 5.74. The highest BCUT2D eigenvalue weighted by Gasteiger charge is 2.15. The van der Waals surface area contributed by atoms with Gasteiger partial charge in [-0.2, -0.15) is 0 Å². The molecule has 0 spiro atoms. The summed E-state index contributed by atoms with van der Waals surface area (Å²) < 4.78 is 11.0. The SMILES string of the molecule is CC(C)CCC(=O)Oc1c(O)cccc1OCc1ccccc1. The van der Waals surface area contributed by atoms with Gasteiger partial charge in [-0.15, -0.1) is 0 Å². The van der Waals surface area contributed by atoms with Crippen molar-refractivity contribution >= 4 is 5.97 Å². The monoisotopic (exact) mass is 314 g/mol. The zero-order chi connectivity index (χ0) is 16.7. The average Bonchev–Trinajstić information content (AvgIpc) is 2.54. The van der Waals surface area contributed by atoms with Gasteiger partial charge in [-0.1, -0.05) is 50.2 Å². The van der Waals surface area contributed by atoms with Gasteiger partial charge in [-0.05, 0) is 30.0 Å². The van der Waals surface area contributed by atoms with Gasteiger partial charge in [0.05, 0.1) is 0 Å². The number of carbonyl (C=O) groups is 1. The highest BCUT2D eigenvalue weighted by atomic mass is 16.6. The summed E-state index contributed by atoms with van der Waals surface area (Å²) in [6.45, 7) is 4.42. The second-order valence-electron chi connectivity index (χ2n) is 5.79. The fraction of sp³-hybridized carbons (Fsp3) is 0.316. The molecule has 0 bridgehead atoms. The summed E-state index contributed by atoms with van der Waals surface area (Å²) >= 11 is 0. The number of aromatic hydroxyl groups is 1. The molecule has 0 aliphatic carbocycles. The van der Waals surface area contributed by atoms with Crippen molar-refractivity contribution in [2.24, 2.45) is 5.92 Å². The maximum absolute atomic E-state index is 11.9. The minimum absolute atomic E-state index is 0.0807. The van der Waals surface area contributed by atoms with E-state index in [9.17, 15) is 9.90 Å². The quantitative estimate of drug-likeness (QED) is 0.611. The fourth-order valence-corrected chi connectivity index (χ4v) is 2.03. The van der Waals surface area contributed by atoms with E-state index in [1.54, 1.807) is 12.1 Å². The Kier molecular flexibility index (Phi) is 6.03. The average molecular weight is 314 g/mol. The molecule has 0 saturated carbocycles. The number of para-hydroxylation sites is 1. The van der Waals surface area contributed by atoms with Gasteiger partial charge >= 0.3 is 5.97 Å². The molecular weight excluding hydrogens is 292 g/mol. The van der Waals surface area contributed by atoms with Crippen molar-refractivity contribution in [3.63, 3.8) is 0 Å². The zero-order valence-electron chi connectivity index (χ0n) is 13.5. The number of ether oxygens (including phenoxy) is 2. The molecule has 0 aliphatic heterocycles. The highest BCUT2D eigenvalue weighted by Crippen LogP contribution is 2.37. The van der Waals surface area contributed by atoms with Gasteiger partial charge in [0.2, 0.25) is 5.75 Å². The van der Waals surface area contributed by atoms with Crippen LogP contribution in [0.25, 0.3) is 0 Å². The van der Waals surface area contributed by atoms with Gasteiger partial charge in [0.15, 0.2) is 11.5 Å². The molecule has 0 aromatic heterocycles. The summed E-state index contributed by atoms with van der Waals surface area (Å²) in [5, 5.41) is 9.96. The van der Waals surface area contributed by atoms with Crippen LogP contribution >= 0.6 is 0 Å². The molecule has 122 valence electrons. The van der Waals surface area contributed by atoms with Gasteiger partial charge in [0.1, 0.15) is 6.61 Å². The van der Waals surface area contributed by atoms with Gasteiger partial charge < -0.3 is 14.6 Å². The van der Waals surface area contributed by atoms with Crippen LogP contribution in [0.1, 0.15) is 32.3 Å². The van der Waals surface area contributed by atoms with Crippen LogP contribution in [0, 0.1) is 5.92 Å². The van der Waals surface area contributed by atoms with E-state index in [0.29, 0.717) is 24.7 Å². The molecule has 2 rings (SSSR count). The van der Waals surface area contributed by atoms with Crippen molar-refractivity contribution in [3.8, 4) is 17.2 Å². The van der Waals surface area contributed by atoms with E-state index in [0.717, 1.165) is 12.0 Å². The van der Waals surface area contributed by atoms with Gasteiger partial charge in [-0.25, -0.2) is 0 Å². The first-order chi connectivity index (χ1) is 11.1. The summed E-state index contributed by atoms with van der Waals surface area (Å²) in [6, 6.07) is 14.5. The molecule has 2 aromatic rings. The van der Waals surface area contributed by atoms with Gasteiger partial charge in [0.25, 0.3) is 0 Å². The lowest BCUT2D eigenvalue weighted by Crippen LogP contribution is -2.10. The third-order valence-electron chi connectivity index (χ3n) is 3.34. The van der Waals surface area contributed by atoms with Crippen molar-refractivity contribution in [2.45, 2.75) is 33.3 Å². The van der Waals surface area contributed by atoms with Crippen LogP contribution < -0.4 is 9.47 Å². The Labute approximate surface area is 136 Å². The van der Waals surface area contributed by atoms with Gasteiger partial charge in [0, 0.05) is 6.42 Å². The molecule has 0 radical (unpaired) electrons. The van der Waals surface area contributed by atoms with Crippen LogP contribution in [-0.4, -0.2) is 11.1 Å². The summed E-state index contributed by atoms with van der Waals surface area (Å²) in [4.78, 5) is 11.9. The molecule has 0 atom stereocenters. The first kappa shape index (κ1) is 16.9. The molecule has 4 nitrogen and oxygen atoms in total. The number of phenolic OH excluding ortho intramolecular Hbond substituents is 1. The van der Waals surface area contributed by atoms with Crippen LogP contribution in [0.15, 0.2) is 48.5 Å². The lowest BCUT2D eigenvalue weighted by atomic mass is 10.1. The number of hydrogen-bond acceptors (Lipinski definition) is 4.